The lowest BCUT2D eigenvalue weighted by atomic mass is 9.70. The molecule has 1 N–H and O–H groups in total. The van der Waals surface area contributed by atoms with Crippen molar-refractivity contribution < 1.29 is 9.90 Å². The Morgan fingerprint density at radius 2 is 2.31 bits per heavy atom. The van der Waals surface area contributed by atoms with Gasteiger partial charge in [0.15, 0.2) is 5.78 Å². The Bertz CT molecular complexity index is 242. The first-order valence-corrected chi connectivity index (χ1v) is 4.92. The highest BCUT2D eigenvalue weighted by molar-refractivity contribution is 6.00. The molecule has 0 saturated heterocycles. The first kappa shape index (κ1) is 10.5. The standard InChI is InChI=1S/C11H18O2/c1-4-9(12)11(3)7-5-6-8(2)10(11)13/h6,9,12H,4-5,7H2,1-3H3/t9-,11-/m1/s1. The van der Waals surface area contributed by atoms with Crippen molar-refractivity contribution in [2.45, 2.75) is 46.1 Å². The van der Waals surface area contributed by atoms with Crippen LogP contribution in [0.3, 0.4) is 0 Å². The first-order valence-electron chi connectivity index (χ1n) is 4.92. The summed E-state index contributed by atoms with van der Waals surface area (Å²) in [6.45, 7) is 5.62. The Hall–Kier alpha value is -0.630. The average molecular weight is 182 g/mol. The highest BCUT2D eigenvalue weighted by Gasteiger charge is 2.40. The summed E-state index contributed by atoms with van der Waals surface area (Å²) < 4.78 is 0. The normalized spacial score (nSPS) is 31.4. The highest BCUT2D eigenvalue weighted by atomic mass is 16.3. The van der Waals surface area contributed by atoms with Gasteiger partial charge in [-0.2, -0.15) is 0 Å². The van der Waals surface area contributed by atoms with Crippen molar-refractivity contribution in [3.8, 4) is 0 Å². The summed E-state index contributed by atoms with van der Waals surface area (Å²) in [7, 11) is 0. The molecule has 2 nitrogen and oxygen atoms in total. The number of aliphatic hydroxyl groups is 1. The zero-order chi connectivity index (χ0) is 10.1. The van der Waals surface area contributed by atoms with Gasteiger partial charge in [0, 0.05) is 0 Å². The molecule has 0 amide bonds. The zero-order valence-electron chi connectivity index (χ0n) is 8.63. The van der Waals surface area contributed by atoms with Crippen LogP contribution in [0.1, 0.15) is 40.0 Å². The number of aliphatic hydroxyl groups excluding tert-OH is 1. The topological polar surface area (TPSA) is 37.3 Å². The second kappa shape index (κ2) is 3.62. The van der Waals surface area contributed by atoms with Crippen LogP contribution in [0.15, 0.2) is 11.6 Å². The Morgan fingerprint density at radius 1 is 1.69 bits per heavy atom. The average Bonchev–Trinajstić information content (AvgIpc) is 2.13. The molecule has 0 bridgehead atoms. The van der Waals surface area contributed by atoms with Crippen molar-refractivity contribution in [1.82, 2.24) is 0 Å². The van der Waals surface area contributed by atoms with E-state index in [4.69, 9.17) is 0 Å². The van der Waals surface area contributed by atoms with Gasteiger partial charge in [-0.05, 0) is 38.7 Å². The van der Waals surface area contributed by atoms with Gasteiger partial charge in [0.25, 0.3) is 0 Å². The fraction of sp³-hybridized carbons (Fsp3) is 0.727. The summed E-state index contributed by atoms with van der Waals surface area (Å²) in [5.41, 5.74) is 0.273. The van der Waals surface area contributed by atoms with E-state index in [0.717, 1.165) is 18.4 Å². The van der Waals surface area contributed by atoms with Crippen LogP contribution in [-0.4, -0.2) is 17.0 Å². The first-order chi connectivity index (χ1) is 6.02. The molecule has 0 aliphatic heterocycles. The molecule has 0 fully saturated rings. The Kier molecular flexibility index (Phi) is 2.91. The fourth-order valence-corrected chi connectivity index (χ4v) is 2.01. The number of Topliss-reactive ketones (excluding diaryl/α,β-unsaturated/α-hetero) is 1. The molecule has 0 saturated carbocycles. The maximum absolute atomic E-state index is 11.8. The molecule has 0 aromatic carbocycles. The van der Waals surface area contributed by atoms with Gasteiger partial charge in [0.05, 0.1) is 11.5 Å². The quantitative estimate of drug-likeness (QED) is 0.710. The van der Waals surface area contributed by atoms with Crippen molar-refractivity contribution >= 4 is 5.78 Å². The number of ketones is 1. The molecule has 74 valence electrons. The predicted octanol–water partition coefficient (Wildman–Crippen LogP) is 2.07. The molecule has 13 heavy (non-hydrogen) atoms. The van der Waals surface area contributed by atoms with E-state index in [-0.39, 0.29) is 5.78 Å². The summed E-state index contributed by atoms with van der Waals surface area (Å²) in [4.78, 5) is 11.8. The largest absolute Gasteiger partial charge is 0.392 e. The van der Waals surface area contributed by atoms with E-state index < -0.39 is 11.5 Å². The third-order valence-electron chi connectivity index (χ3n) is 3.11. The van der Waals surface area contributed by atoms with Crippen LogP contribution in [0.4, 0.5) is 0 Å². The van der Waals surface area contributed by atoms with E-state index in [9.17, 15) is 9.90 Å². The molecular weight excluding hydrogens is 164 g/mol. The van der Waals surface area contributed by atoms with Gasteiger partial charge in [-0.1, -0.05) is 13.0 Å². The van der Waals surface area contributed by atoms with Gasteiger partial charge in [-0.15, -0.1) is 0 Å². The van der Waals surface area contributed by atoms with Crippen molar-refractivity contribution in [2.75, 3.05) is 0 Å². The fourth-order valence-electron chi connectivity index (χ4n) is 2.01. The third-order valence-corrected chi connectivity index (χ3v) is 3.11. The maximum Gasteiger partial charge on any atom is 0.166 e. The van der Waals surface area contributed by atoms with Gasteiger partial charge in [-0.3, -0.25) is 4.79 Å². The van der Waals surface area contributed by atoms with Crippen LogP contribution in [0.2, 0.25) is 0 Å². The number of carbonyl (C=O) groups is 1. The Morgan fingerprint density at radius 3 is 2.85 bits per heavy atom. The number of allylic oxidation sites excluding steroid dienone is 2. The van der Waals surface area contributed by atoms with Crippen LogP contribution in [-0.2, 0) is 4.79 Å². The van der Waals surface area contributed by atoms with Gasteiger partial charge in [0.2, 0.25) is 0 Å². The number of hydrogen-bond donors (Lipinski definition) is 1. The monoisotopic (exact) mass is 182 g/mol. The van der Waals surface area contributed by atoms with Crippen LogP contribution < -0.4 is 0 Å². The molecule has 0 aromatic rings. The molecule has 1 aliphatic carbocycles. The molecular formula is C11H18O2. The summed E-state index contributed by atoms with van der Waals surface area (Å²) in [5, 5.41) is 9.78. The second-order valence-corrected chi connectivity index (χ2v) is 4.10. The van der Waals surface area contributed by atoms with Crippen LogP contribution in [0, 0.1) is 5.41 Å². The van der Waals surface area contributed by atoms with E-state index in [2.05, 4.69) is 0 Å². The lowest BCUT2D eigenvalue weighted by Gasteiger charge is -2.35. The minimum atomic E-state index is -0.534. The molecule has 1 aliphatic rings. The molecule has 0 aromatic heterocycles. The molecule has 1 rings (SSSR count). The lowest BCUT2D eigenvalue weighted by Crippen LogP contribution is -2.41. The lowest BCUT2D eigenvalue weighted by molar-refractivity contribution is -0.131. The Labute approximate surface area is 79.6 Å². The third kappa shape index (κ3) is 1.68. The molecule has 2 atom stereocenters. The molecule has 0 unspecified atom stereocenters. The summed E-state index contributed by atoms with van der Waals surface area (Å²) in [6, 6.07) is 0. The van der Waals surface area contributed by atoms with Crippen LogP contribution >= 0.6 is 0 Å². The van der Waals surface area contributed by atoms with E-state index in [1.54, 1.807) is 0 Å². The van der Waals surface area contributed by atoms with E-state index >= 15 is 0 Å². The van der Waals surface area contributed by atoms with E-state index in [0.29, 0.717) is 6.42 Å². The maximum atomic E-state index is 11.8. The van der Waals surface area contributed by atoms with Crippen molar-refractivity contribution in [2.24, 2.45) is 5.41 Å². The predicted molar refractivity (Wildman–Crippen MR) is 52.4 cm³/mol. The number of carbonyl (C=O) groups excluding carboxylic acids is 1. The minimum absolute atomic E-state index is 0.119. The van der Waals surface area contributed by atoms with Gasteiger partial charge < -0.3 is 5.11 Å². The number of rotatable bonds is 2. The molecule has 0 heterocycles. The Balaban J connectivity index is 2.92. The van der Waals surface area contributed by atoms with Crippen molar-refractivity contribution in [3.63, 3.8) is 0 Å². The summed E-state index contributed by atoms with van der Waals surface area (Å²) in [5.74, 6) is 0.119. The van der Waals surface area contributed by atoms with E-state index in [1.807, 2.05) is 26.8 Å². The number of hydrogen-bond acceptors (Lipinski definition) is 2. The summed E-state index contributed by atoms with van der Waals surface area (Å²) >= 11 is 0. The van der Waals surface area contributed by atoms with E-state index in [1.165, 1.54) is 0 Å². The zero-order valence-corrected chi connectivity index (χ0v) is 8.63. The smallest absolute Gasteiger partial charge is 0.166 e. The molecule has 0 spiro atoms. The van der Waals surface area contributed by atoms with Crippen LogP contribution in [0.5, 0.6) is 0 Å². The summed E-state index contributed by atoms with van der Waals surface area (Å²) in [6.07, 6.45) is 3.80. The minimum Gasteiger partial charge on any atom is -0.392 e. The second-order valence-electron chi connectivity index (χ2n) is 4.10. The van der Waals surface area contributed by atoms with Crippen LogP contribution in [0.25, 0.3) is 0 Å². The SMILES string of the molecule is CC[C@@H](O)[C@@]1(C)CCC=C(C)C1=O. The molecule has 2 heteroatoms. The van der Waals surface area contributed by atoms with Crippen molar-refractivity contribution in [1.29, 1.82) is 0 Å². The van der Waals surface area contributed by atoms with Gasteiger partial charge >= 0.3 is 0 Å². The van der Waals surface area contributed by atoms with Gasteiger partial charge in [0.1, 0.15) is 0 Å². The van der Waals surface area contributed by atoms with Gasteiger partial charge in [-0.25, -0.2) is 0 Å². The van der Waals surface area contributed by atoms with Crippen molar-refractivity contribution in [3.05, 3.63) is 11.6 Å². The highest BCUT2D eigenvalue weighted by Crippen LogP contribution is 2.36. The molecule has 0 radical (unpaired) electrons.